The van der Waals surface area contributed by atoms with E-state index in [1.165, 1.54) is 0 Å². The predicted molar refractivity (Wildman–Crippen MR) is 71.6 cm³/mol. The Balaban J connectivity index is -0.00000000218. The van der Waals surface area contributed by atoms with E-state index in [1.54, 1.807) is 0 Å². The molecule has 0 aliphatic rings. The van der Waals surface area contributed by atoms with E-state index in [4.69, 9.17) is 19.8 Å². The van der Waals surface area contributed by atoms with E-state index in [-0.39, 0.29) is 78.3 Å². The normalized spacial score (nSPS) is 2.63. The number of aliphatic carboxylic acids is 2. The Hall–Kier alpha value is -0.954. The minimum absolute atomic E-state index is 0. The minimum Gasteiger partial charge on any atom is -0.550 e. The molecule has 19 heavy (non-hydrogen) atoms. The summed E-state index contributed by atoms with van der Waals surface area (Å²) in [5.74, 6) is -2.17. The molecule has 0 fully saturated rings. The van der Waals surface area contributed by atoms with Gasteiger partial charge < -0.3 is 81.3 Å². The maximum absolute atomic E-state index is 8.89. The van der Waals surface area contributed by atoms with Crippen LogP contribution in [0.1, 0.15) is 13.8 Å². The molecule has 0 rings (SSSR count). The van der Waals surface area contributed by atoms with Gasteiger partial charge in [0.15, 0.2) is 0 Å². The van der Waals surface area contributed by atoms with E-state index < -0.39 is 11.9 Å². The third-order valence-corrected chi connectivity index (χ3v) is 0. The smallest absolute Gasteiger partial charge is 0.550 e. The summed E-state index contributed by atoms with van der Waals surface area (Å²) in [6.07, 6.45) is 0. The second-order valence-electron chi connectivity index (χ2n) is 0.983. The summed E-state index contributed by atoms with van der Waals surface area (Å²) in [4.78, 5) is 17.8. The maximum Gasteiger partial charge on any atom is 2.00 e. The predicted octanol–water partition coefficient (Wildman–Crippen LogP) is -0.870. The van der Waals surface area contributed by atoms with Gasteiger partial charge >= 0.3 is 16.8 Å². The van der Waals surface area contributed by atoms with Gasteiger partial charge in [0.25, 0.3) is 0 Å². The van der Waals surface area contributed by atoms with Crippen molar-refractivity contribution in [2.45, 2.75) is 13.8 Å². The second kappa shape index (κ2) is 172. The molecule has 0 aromatic heterocycles. The summed E-state index contributed by atoms with van der Waals surface area (Å²) in [5.41, 5.74) is 0. The zero-order chi connectivity index (χ0) is 7.15. The maximum atomic E-state index is 8.89. The molecule has 0 saturated carbocycles. The summed E-state index contributed by atoms with van der Waals surface area (Å²) in [6, 6.07) is 0. The van der Waals surface area contributed by atoms with Crippen molar-refractivity contribution in [1.82, 2.24) is 61.5 Å². The van der Waals surface area contributed by atoms with Crippen molar-refractivity contribution >= 4 is 11.9 Å². The van der Waals surface area contributed by atoms with Crippen LogP contribution in [-0.2, 0) is 26.4 Å². The standard InChI is InChI=1S/2C2H4O2.Co.10H3N/c2*1-2(3)4;;;;;;;;;;;/h2*1H3,(H,3,4);;10*1H3/q;;+2;;;;;;;;;;/p-2. The topological polar surface area (TPSA) is 430 Å². The van der Waals surface area contributed by atoms with Gasteiger partial charge in [0.2, 0.25) is 0 Å². The Labute approximate surface area is 124 Å². The number of carboxylic acids is 2. The second-order valence-corrected chi connectivity index (χ2v) is 0.983. The third-order valence-electron chi connectivity index (χ3n) is 0. The zero-order valence-electron chi connectivity index (χ0n) is 12.0. The van der Waals surface area contributed by atoms with Crippen LogP contribution in [0.5, 0.6) is 0 Å². The zero-order valence-corrected chi connectivity index (χ0v) is 13.1. The van der Waals surface area contributed by atoms with Gasteiger partial charge in [0.1, 0.15) is 0 Å². The van der Waals surface area contributed by atoms with Crippen LogP contribution >= 0.6 is 0 Å². The van der Waals surface area contributed by atoms with Gasteiger partial charge in [-0.05, 0) is 13.8 Å². The van der Waals surface area contributed by atoms with Crippen molar-refractivity contribution in [3.8, 4) is 0 Å². The fourth-order valence-corrected chi connectivity index (χ4v) is 0. The monoisotopic (exact) mass is 347 g/mol. The summed E-state index contributed by atoms with van der Waals surface area (Å²) in [7, 11) is 0. The Morgan fingerprint density at radius 2 is 0.526 bits per heavy atom. The van der Waals surface area contributed by atoms with Crippen LogP contribution in [0.4, 0.5) is 0 Å². The molecule has 0 aliphatic carbocycles. The molecule has 0 aliphatic heterocycles. The van der Waals surface area contributed by atoms with E-state index in [1.807, 2.05) is 0 Å². The largest absolute Gasteiger partial charge is 2.00 e. The molecule has 15 heteroatoms. The molecule has 0 saturated heterocycles. The minimum atomic E-state index is -1.08. The van der Waals surface area contributed by atoms with E-state index in [0.717, 1.165) is 13.8 Å². The Bertz CT molecular complexity index is 89.5. The first kappa shape index (κ1) is 206. The number of rotatable bonds is 0. The number of hydrogen-bond acceptors (Lipinski definition) is 14. The summed E-state index contributed by atoms with van der Waals surface area (Å²) in [5, 5.41) is 17.8. The number of carbonyl (C=O) groups excluding carboxylic acids is 2. The Kier molecular flexibility index (Phi) is 1870. The van der Waals surface area contributed by atoms with E-state index in [2.05, 4.69) is 0 Å². The first-order valence-electron chi connectivity index (χ1n) is 1.82. The van der Waals surface area contributed by atoms with Gasteiger partial charge in [-0.15, -0.1) is 0 Å². The third kappa shape index (κ3) is 4240. The van der Waals surface area contributed by atoms with Crippen LogP contribution in [0, 0.1) is 0 Å². The van der Waals surface area contributed by atoms with Crippen LogP contribution < -0.4 is 71.7 Å². The van der Waals surface area contributed by atoms with E-state index in [0.29, 0.717) is 0 Å². The molecule has 0 atom stereocenters. The first-order chi connectivity index (χ1) is 3.46. The molecule has 0 unspecified atom stereocenters. The fraction of sp³-hybridized carbons (Fsp3) is 0.500. The van der Waals surface area contributed by atoms with Gasteiger partial charge in [0, 0.05) is 11.9 Å². The van der Waals surface area contributed by atoms with E-state index >= 15 is 0 Å². The molecule has 0 aromatic carbocycles. The van der Waals surface area contributed by atoms with Crippen LogP contribution in [0.15, 0.2) is 0 Å². The summed E-state index contributed by atoms with van der Waals surface area (Å²) >= 11 is 0. The first-order valence-corrected chi connectivity index (χ1v) is 1.82. The van der Waals surface area contributed by atoms with Gasteiger partial charge in [-0.3, -0.25) is 0 Å². The van der Waals surface area contributed by atoms with Crippen LogP contribution in [0.2, 0.25) is 0 Å². The summed E-state index contributed by atoms with van der Waals surface area (Å²) < 4.78 is 0. The molecule has 1 radical (unpaired) electrons. The van der Waals surface area contributed by atoms with Crippen LogP contribution in [0.3, 0.4) is 0 Å². The van der Waals surface area contributed by atoms with Gasteiger partial charge in [-0.25, -0.2) is 0 Å². The van der Waals surface area contributed by atoms with E-state index in [9.17, 15) is 0 Å². The fourth-order valence-electron chi connectivity index (χ4n) is 0. The SMILES string of the molecule is CC(=O)[O-].CC(=O)[O-].N.N.N.N.N.N.N.N.N.N.[Co+2]. The number of hydrogen-bond donors (Lipinski definition) is 10. The Morgan fingerprint density at radius 3 is 0.526 bits per heavy atom. The van der Waals surface area contributed by atoms with Crippen molar-refractivity contribution < 1.29 is 36.6 Å². The molecular weight excluding hydrogens is 311 g/mol. The average molecular weight is 347 g/mol. The number of carbonyl (C=O) groups is 2. The van der Waals surface area contributed by atoms with Crippen molar-refractivity contribution in [2.75, 3.05) is 0 Å². The van der Waals surface area contributed by atoms with Crippen molar-refractivity contribution in [3.05, 3.63) is 0 Å². The molecule has 135 valence electrons. The van der Waals surface area contributed by atoms with Gasteiger partial charge in [-0.2, -0.15) is 0 Å². The van der Waals surface area contributed by atoms with Crippen molar-refractivity contribution in [2.24, 2.45) is 0 Å². The molecule has 30 N–H and O–H groups in total. The van der Waals surface area contributed by atoms with Gasteiger partial charge in [0.05, 0.1) is 0 Å². The van der Waals surface area contributed by atoms with Crippen molar-refractivity contribution in [3.63, 3.8) is 0 Å². The van der Waals surface area contributed by atoms with Crippen LogP contribution in [-0.4, -0.2) is 11.9 Å². The number of carboxylic acid groups (broad SMARTS) is 2. The molecule has 0 heterocycles. The molecular formula is C4H36CoN10O4. The molecule has 0 amide bonds. The molecule has 14 nitrogen and oxygen atoms in total. The van der Waals surface area contributed by atoms with Crippen molar-refractivity contribution in [1.29, 1.82) is 0 Å². The van der Waals surface area contributed by atoms with Gasteiger partial charge in [-0.1, -0.05) is 0 Å². The average Bonchev–Trinajstić information content (AvgIpc) is 1.25. The Morgan fingerprint density at radius 1 is 0.526 bits per heavy atom. The molecule has 0 aromatic rings. The quantitative estimate of drug-likeness (QED) is 0.254. The molecule has 0 bridgehead atoms. The van der Waals surface area contributed by atoms with Crippen LogP contribution in [0.25, 0.3) is 0 Å². The summed E-state index contributed by atoms with van der Waals surface area (Å²) in [6.45, 7) is 1.94. The molecule has 0 spiro atoms.